The number of hydrogen-bond acceptors (Lipinski definition) is 19. The molecule has 4 aliphatic heterocycles. The number of nitrogens with one attached hydrogen (secondary N) is 10. The second-order valence-electron chi connectivity index (χ2n) is 18.0. The number of guanidine groups is 2. The summed E-state index contributed by atoms with van der Waals surface area (Å²) in [6.07, 6.45) is 6.18. The number of rotatable bonds is 36. The van der Waals surface area contributed by atoms with Crippen LogP contribution in [0.1, 0.15) is 79.0 Å². The third kappa shape index (κ3) is 22.5. The Hall–Kier alpha value is -5.81. The van der Waals surface area contributed by atoms with E-state index in [2.05, 4.69) is 63.2 Å². The first-order chi connectivity index (χ1) is 36.2. The van der Waals surface area contributed by atoms with Crippen LogP contribution in [0.25, 0.3) is 0 Å². The standard InChI is InChI=1S/C47H76N14O12S2/c1-29(43(66)67)56-46(68)54-14-20-72-22-23-73-21-15-55-47(69)57-32-25-30(41(64)52-12-18-70-16-10-50-37(62)8-4-2-6-35-39-33(27-74-35)58-44(48)60-39)24-31(26-32)42(65)53-13-19-71-17-11-51-38(63)9-5-3-7-36-40-34(28-75-36)59-45(49)61-40/h24-26,29,33-36,39-40H,2-23,27-28H2,1H3,(H,50,62)(H,51,63)(H,52,64)(H,53,65)(H,66,67)(H3,48,58,60)(H3,49,59,61)(H2,54,56,68)(H2,55,57,69)/t29?,33-,34-,35-,36-,39-,40-/m0/s1. The van der Waals surface area contributed by atoms with Crippen molar-refractivity contribution in [2.45, 2.75) is 99.0 Å². The molecule has 0 radical (unpaired) electrons. The molecular weight excluding hydrogens is 1020 g/mol. The Labute approximate surface area is 445 Å². The Bertz CT molecular complexity index is 2000. The number of amides is 8. The highest BCUT2D eigenvalue weighted by molar-refractivity contribution is 8.00. The van der Waals surface area contributed by atoms with Crippen molar-refractivity contribution in [3.63, 3.8) is 0 Å². The van der Waals surface area contributed by atoms with Gasteiger partial charge in [0.25, 0.3) is 11.8 Å². The first-order valence-electron chi connectivity index (χ1n) is 25.6. The van der Waals surface area contributed by atoms with Crippen LogP contribution in [0.3, 0.4) is 0 Å². The number of fused-ring (bicyclic) bond motifs is 2. The summed E-state index contributed by atoms with van der Waals surface area (Å²) in [5.41, 5.74) is 12.0. The van der Waals surface area contributed by atoms with E-state index >= 15 is 0 Å². The zero-order valence-electron chi connectivity index (χ0n) is 42.5. The molecule has 7 atom stereocenters. The Morgan fingerprint density at radius 2 is 1.01 bits per heavy atom. The zero-order valence-corrected chi connectivity index (χ0v) is 44.2. The number of aliphatic imine (C=N–C) groups is 2. The van der Waals surface area contributed by atoms with E-state index in [-0.39, 0.29) is 120 Å². The number of nitrogens with two attached hydrogens (primary N) is 2. The molecule has 0 aliphatic carbocycles. The molecule has 15 N–H and O–H groups in total. The molecule has 1 aromatic rings. The molecule has 0 saturated carbocycles. The third-order valence-corrected chi connectivity index (χ3v) is 15.2. The fourth-order valence-electron chi connectivity index (χ4n) is 8.34. The lowest BCUT2D eigenvalue weighted by atomic mass is 10.0. The second-order valence-corrected chi connectivity index (χ2v) is 20.6. The maximum Gasteiger partial charge on any atom is 0.325 e. The number of carbonyl (C=O) groups excluding carboxylic acids is 6. The van der Waals surface area contributed by atoms with Gasteiger partial charge in [0.05, 0.1) is 77.0 Å². The van der Waals surface area contributed by atoms with E-state index in [0.29, 0.717) is 60.4 Å². The molecule has 26 nitrogen and oxygen atoms in total. The van der Waals surface area contributed by atoms with Gasteiger partial charge in [0, 0.05) is 90.9 Å². The highest BCUT2D eigenvalue weighted by Crippen LogP contribution is 2.36. The van der Waals surface area contributed by atoms with Crippen molar-refractivity contribution in [1.82, 2.24) is 47.9 Å². The van der Waals surface area contributed by atoms with Crippen LogP contribution in [0.5, 0.6) is 0 Å². The molecule has 0 bridgehead atoms. The molecule has 5 rings (SSSR count). The van der Waals surface area contributed by atoms with E-state index in [1.807, 2.05) is 23.5 Å². The van der Waals surface area contributed by atoms with Gasteiger partial charge in [0.2, 0.25) is 11.8 Å². The molecule has 2 fully saturated rings. The lowest BCUT2D eigenvalue weighted by Crippen LogP contribution is -2.45. The minimum Gasteiger partial charge on any atom is -0.480 e. The van der Waals surface area contributed by atoms with Crippen LogP contribution in [0.15, 0.2) is 28.2 Å². The van der Waals surface area contributed by atoms with Crippen LogP contribution in [-0.4, -0.2) is 203 Å². The van der Waals surface area contributed by atoms with Gasteiger partial charge >= 0.3 is 18.0 Å². The molecule has 8 amide bonds. The number of benzene rings is 1. The largest absolute Gasteiger partial charge is 0.480 e. The number of nitrogens with zero attached hydrogens (tertiary/aromatic N) is 2. The summed E-state index contributed by atoms with van der Waals surface area (Å²) in [6.45, 7) is 4.04. The normalized spacial score (nSPS) is 20.5. The number of thioether (sulfide) groups is 2. The molecule has 75 heavy (non-hydrogen) atoms. The van der Waals surface area contributed by atoms with Crippen LogP contribution in [0.2, 0.25) is 0 Å². The number of carboxylic acid groups (broad SMARTS) is 1. The molecule has 28 heteroatoms. The summed E-state index contributed by atoms with van der Waals surface area (Å²) in [6, 6.07) is 3.02. The van der Waals surface area contributed by atoms with Crippen molar-refractivity contribution in [1.29, 1.82) is 0 Å². The average Bonchev–Trinajstić information content (AvgIpc) is 4.15. The van der Waals surface area contributed by atoms with Crippen molar-refractivity contribution in [3.05, 3.63) is 29.3 Å². The summed E-state index contributed by atoms with van der Waals surface area (Å²) < 4.78 is 22.1. The average molecular weight is 1090 g/mol. The van der Waals surface area contributed by atoms with Crippen LogP contribution in [-0.2, 0) is 33.3 Å². The highest BCUT2D eigenvalue weighted by atomic mass is 32.2. The first kappa shape index (κ1) is 60.1. The number of carbonyl (C=O) groups is 7. The molecule has 418 valence electrons. The van der Waals surface area contributed by atoms with Crippen molar-refractivity contribution in [3.8, 4) is 0 Å². The monoisotopic (exact) mass is 1090 g/mol. The van der Waals surface area contributed by atoms with Crippen molar-refractivity contribution >= 4 is 82.8 Å². The van der Waals surface area contributed by atoms with Gasteiger partial charge in [-0.2, -0.15) is 23.5 Å². The molecule has 0 spiro atoms. The van der Waals surface area contributed by atoms with E-state index in [1.165, 1.54) is 25.1 Å². The second kappa shape index (κ2) is 33.3. The molecule has 4 aliphatic rings. The van der Waals surface area contributed by atoms with Crippen molar-refractivity contribution < 1.29 is 57.6 Å². The fourth-order valence-corrected chi connectivity index (χ4v) is 11.4. The summed E-state index contributed by atoms with van der Waals surface area (Å²) >= 11 is 3.80. The lowest BCUT2D eigenvalue weighted by Gasteiger charge is -2.14. The highest BCUT2D eigenvalue weighted by Gasteiger charge is 2.41. The maximum atomic E-state index is 13.3. The zero-order chi connectivity index (χ0) is 53.8. The minimum absolute atomic E-state index is 0.0546. The van der Waals surface area contributed by atoms with E-state index in [9.17, 15) is 33.6 Å². The molecule has 1 unspecified atom stereocenters. The van der Waals surface area contributed by atoms with Crippen LogP contribution < -0.4 is 64.6 Å². The third-order valence-electron chi connectivity index (χ3n) is 12.2. The minimum atomic E-state index is -1.15. The SMILES string of the molecule is CC(NC(=O)NCCOCCOCCNC(=O)Nc1cc(C(=O)NCCOCCNC(=O)CCCC[C@@H]2SC[C@@H]3NC(N)=N[C@@H]32)cc(C(=O)NCCOCCNC(=O)CCCC[C@@H]2SC[C@@H]3NC(N)=N[C@@H]32)c1)C(=O)O. The quantitative estimate of drug-likeness (QED) is 0.0359. The van der Waals surface area contributed by atoms with Crippen LogP contribution in [0, 0.1) is 0 Å². The fraction of sp³-hybridized carbons (Fsp3) is 0.681. The van der Waals surface area contributed by atoms with E-state index in [1.54, 1.807) is 0 Å². The number of ether oxygens (including phenoxy) is 4. The maximum absolute atomic E-state index is 13.3. The van der Waals surface area contributed by atoms with E-state index in [4.69, 9.17) is 35.5 Å². The topological polar surface area (TPSA) is 374 Å². The summed E-state index contributed by atoms with van der Waals surface area (Å²) in [5, 5.41) is 37.4. The summed E-state index contributed by atoms with van der Waals surface area (Å²) in [7, 11) is 0. The number of hydrogen-bond donors (Lipinski definition) is 13. The van der Waals surface area contributed by atoms with Gasteiger partial charge in [0.1, 0.15) is 6.04 Å². The van der Waals surface area contributed by atoms with Gasteiger partial charge in [-0.1, -0.05) is 12.8 Å². The van der Waals surface area contributed by atoms with Gasteiger partial charge in [-0.3, -0.25) is 24.0 Å². The van der Waals surface area contributed by atoms with Gasteiger partial charge in [-0.25, -0.2) is 19.6 Å². The predicted octanol–water partition coefficient (Wildman–Crippen LogP) is -0.999. The lowest BCUT2D eigenvalue weighted by molar-refractivity contribution is -0.138. The smallest absolute Gasteiger partial charge is 0.325 e. The van der Waals surface area contributed by atoms with Crippen LogP contribution >= 0.6 is 23.5 Å². The van der Waals surface area contributed by atoms with Gasteiger partial charge in [-0.05, 0) is 50.8 Å². The Balaban J connectivity index is 0.959. The predicted molar refractivity (Wildman–Crippen MR) is 285 cm³/mol. The van der Waals surface area contributed by atoms with E-state index in [0.717, 1.165) is 50.0 Å². The number of unbranched alkanes of at least 4 members (excludes halogenated alkanes) is 2. The van der Waals surface area contributed by atoms with Crippen molar-refractivity contribution in [2.24, 2.45) is 21.5 Å². The van der Waals surface area contributed by atoms with Gasteiger partial charge in [0.15, 0.2) is 11.9 Å². The molecule has 2 saturated heterocycles. The number of anilines is 1. The Morgan fingerprint density at radius 3 is 1.47 bits per heavy atom. The van der Waals surface area contributed by atoms with E-state index < -0.39 is 35.9 Å². The first-order valence-corrected chi connectivity index (χ1v) is 27.7. The van der Waals surface area contributed by atoms with Gasteiger partial charge < -0.3 is 88.7 Å². The van der Waals surface area contributed by atoms with Crippen molar-refractivity contribution in [2.75, 3.05) is 109 Å². The Morgan fingerprint density at radius 1 is 0.600 bits per heavy atom. The molecule has 4 heterocycles. The summed E-state index contributed by atoms with van der Waals surface area (Å²) in [5.74, 6) is 0.700. The number of aliphatic carboxylic acids is 1. The Kier molecular flexibility index (Phi) is 26.6. The molecular formula is C47H76N14O12S2. The molecule has 0 aromatic heterocycles. The van der Waals surface area contributed by atoms with Crippen LogP contribution in [0.4, 0.5) is 15.3 Å². The number of urea groups is 2. The summed E-state index contributed by atoms with van der Waals surface area (Å²) in [4.78, 5) is 95.7. The van der Waals surface area contributed by atoms with Gasteiger partial charge in [-0.15, -0.1) is 0 Å². The number of carboxylic acids is 1. The molecule has 1 aromatic carbocycles.